The molecule has 1 amide bonds. The van der Waals surface area contributed by atoms with Crippen LogP contribution in [0.3, 0.4) is 0 Å². The van der Waals surface area contributed by atoms with Crippen molar-refractivity contribution in [1.82, 2.24) is 0 Å². The second-order valence-corrected chi connectivity index (χ2v) is 9.06. The summed E-state index contributed by atoms with van der Waals surface area (Å²) in [5.41, 5.74) is 2.16. The number of methoxy groups -OCH3 is 1. The Balaban J connectivity index is 1.76. The molecule has 3 aromatic rings. The van der Waals surface area contributed by atoms with Gasteiger partial charge in [-0.2, -0.15) is 0 Å². The monoisotopic (exact) mass is 460 g/mol. The molecule has 9 heteroatoms. The first kappa shape index (κ1) is 23.4. The van der Waals surface area contributed by atoms with Gasteiger partial charge in [0, 0.05) is 24.4 Å². The third-order valence-electron chi connectivity index (χ3n) is 4.62. The summed E-state index contributed by atoms with van der Waals surface area (Å²) in [7, 11) is -2.26. The molecule has 1 N–H and O–H groups in total. The van der Waals surface area contributed by atoms with Crippen LogP contribution in [-0.2, 0) is 27.9 Å². The zero-order chi connectivity index (χ0) is 23.3. The Morgan fingerprint density at radius 2 is 1.72 bits per heavy atom. The molecule has 0 heterocycles. The lowest BCUT2D eigenvalue weighted by molar-refractivity contribution is 0.102. The van der Waals surface area contributed by atoms with Crippen molar-refractivity contribution in [3.05, 3.63) is 95.1 Å². The van der Waals surface area contributed by atoms with E-state index >= 15 is 0 Å². The fraction of sp³-hybridized carbons (Fsp3) is 0.174. The predicted molar refractivity (Wildman–Crippen MR) is 119 cm³/mol. The highest BCUT2D eigenvalue weighted by Gasteiger charge is 2.21. The molecule has 0 saturated heterocycles. The largest absolute Gasteiger partial charge is 0.380 e. The number of hydrogen-bond acceptors (Lipinski definition) is 4. The van der Waals surface area contributed by atoms with Gasteiger partial charge in [-0.25, -0.2) is 17.2 Å². The third-order valence-corrected chi connectivity index (χ3v) is 5.74. The van der Waals surface area contributed by atoms with Crippen molar-refractivity contribution in [3.63, 3.8) is 0 Å². The standard InChI is InChI=1S/C23H22F2N2O4S/c1-31-15-17-4-3-5-20(12-17)26-23(28)18-8-6-16(7-9-18)14-27(32(2,29)30)22-11-10-19(24)13-21(22)25/h3-13H,14-15H2,1-2H3,(H,26,28). The fourth-order valence-electron chi connectivity index (χ4n) is 3.10. The molecule has 0 unspecified atom stereocenters. The lowest BCUT2D eigenvalue weighted by atomic mass is 10.1. The Hall–Kier alpha value is -3.30. The Morgan fingerprint density at radius 1 is 1.00 bits per heavy atom. The maximum Gasteiger partial charge on any atom is 0.255 e. The van der Waals surface area contributed by atoms with Crippen molar-refractivity contribution in [1.29, 1.82) is 0 Å². The SMILES string of the molecule is COCc1cccc(NC(=O)c2ccc(CN(c3ccc(F)cc3F)S(C)(=O)=O)cc2)c1. The number of ether oxygens (including phenoxy) is 1. The molecule has 0 aromatic heterocycles. The van der Waals surface area contributed by atoms with E-state index in [1.807, 2.05) is 6.07 Å². The average Bonchev–Trinajstić information content (AvgIpc) is 2.73. The van der Waals surface area contributed by atoms with E-state index in [2.05, 4.69) is 5.32 Å². The number of rotatable bonds is 8. The molecule has 0 saturated carbocycles. The van der Waals surface area contributed by atoms with Crippen LogP contribution in [0.15, 0.2) is 66.7 Å². The van der Waals surface area contributed by atoms with Crippen LogP contribution < -0.4 is 9.62 Å². The molecule has 0 fully saturated rings. The Morgan fingerprint density at radius 3 is 2.34 bits per heavy atom. The van der Waals surface area contributed by atoms with E-state index in [-0.39, 0.29) is 18.1 Å². The maximum absolute atomic E-state index is 14.2. The molecule has 0 aliphatic carbocycles. The summed E-state index contributed by atoms with van der Waals surface area (Å²) in [5, 5.41) is 2.79. The van der Waals surface area contributed by atoms with Gasteiger partial charge >= 0.3 is 0 Å². The summed E-state index contributed by atoms with van der Waals surface area (Å²) >= 11 is 0. The Kier molecular flexibility index (Phi) is 7.22. The van der Waals surface area contributed by atoms with Crippen LogP contribution >= 0.6 is 0 Å². The van der Waals surface area contributed by atoms with Crippen molar-refractivity contribution >= 4 is 27.3 Å². The number of halogens is 2. The van der Waals surface area contributed by atoms with Gasteiger partial charge in [-0.15, -0.1) is 0 Å². The number of nitrogens with one attached hydrogen (secondary N) is 1. The molecule has 168 valence electrons. The van der Waals surface area contributed by atoms with Crippen molar-refractivity contribution < 1.29 is 26.7 Å². The Labute approximate surface area is 185 Å². The molecular formula is C23H22F2N2O4S. The van der Waals surface area contributed by atoms with Crippen LogP contribution in [0.25, 0.3) is 0 Å². The van der Waals surface area contributed by atoms with E-state index in [0.29, 0.717) is 29.5 Å². The van der Waals surface area contributed by atoms with Gasteiger partial charge in [0.15, 0.2) is 0 Å². The Bertz CT molecular complexity index is 1210. The van der Waals surface area contributed by atoms with Gasteiger partial charge in [-0.1, -0.05) is 24.3 Å². The van der Waals surface area contributed by atoms with Gasteiger partial charge in [0.05, 0.1) is 25.1 Å². The molecule has 0 radical (unpaired) electrons. The fourth-order valence-corrected chi connectivity index (χ4v) is 3.99. The number of nitrogens with zero attached hydrogens (tertiary/aromatic N) is 1. The zero-order valence-electron chi connectivity index (χ0n) is 17.5. The number of sulfonamides is 1. The molecule has 6 nitrogen and oxygen atoms in total. The van der Waals surface area contributed by atoms with Crippen molar-refractivity contribution in [2.45, 2.75) is 13.2 Å². The maximum atomic E-state index is 14.2. The first-order valence-corrected chi connectivity index (χ1v) is 11.4. The number of benzene rings is 3. The summed E-state index contributed by atoms with van der Waals surface area (Å²) in [4.78, 5) is 12.5. The van der Waals surface area contributed by atoms with Crippen LogP contribution in [0, 0.1) is 11.6 Å². The molecule has 3 aromatic carbocycles. The van der Waals surface area contributed by atoms with E-state index in [4.69, 9.17) is 4.74 Å². The van der Waals surface area contributed by atoms with Gasteiger partial charge in [-0.05, 0) is 47.5 Å². The molecule has 0 aliphatic heterocycles. The van der Waals surface area contributed by atoms with Crippen molar-refractivity contribution in [3.8, 4) is 0 Å². The highest BCUT2D eigenvalue weighted by molar-refractivity contribution is 7.92. The minimum absolute atomic E-state index is 0.178. The summed E-state index contributed by atoms with van der Waals surface area (Å²) < 4.78 is 57.8. The van der Waals surface area contributed by atoms with Gasteiger partial charge in [0.2, 0.25) is 10.0 Å². The van der Waals surface area contributed by atoms with Crippen molar-refractivity contribution in [2.24, 2.45) is 0 Å². The van der Waals surface area contributed by atoms with Crippen LogP contribution in [0.1, 0.15) is 21.5 Å². The van der Waals surface area contributed by atoms with Gasteiger partial charge < -0.3 is 10.1 Å². The molecular weight excluding hydrogens is 438 g/mol. The molecule has 3 rings (SSSR count). The topological polar surface area (TPSA) is 75.7 Å². The quantitative estimate of drug-likeness (QED) is 0.543. The van der Waals surface area contributed by atoms with Crippen LogP contribution in [-0.4, -0.2) is 27.7 Å². The van der Waals surface area contributed by atoms with Crippen molar-refractivity contribution in [2.75, 3.05) is 23.0 Å². The summed E-state index contributed by atoms with van der Waals surface area (Å²) in [6, 6.07) is 16.2. The summed E-state index contributed by atoms with van der Waals surface area (Å²) in [6.45, 7) is 0.242. The van der Waals surface area contributed by atoms with E-state index in [0.717, 1.165) is 28.3 Å². The number of anilines is 2. The molecule has 0 aliphatic rings. The zero-order valence-corrected chi connectivity index (χ0v) is 18.3. The lowest BCUT2D eigenvalue weighted by Crippen LogP contribution is -2.30. The minimum atomic E-state index is -3.85. The van der Waals surface area contributed by atoms with Crippen LogP contribution in [0.2, 0.25) is 0 Å². The molecule has 0 bridgehead atoms. The summed E-state index contributed by atoms with van der Waals surface area (Å²) in [6.07, 6.45) is 0.940. The smallest absolute Gasteiger partial charge is 0.255 e. The van der Waals surface area contributed by atoms with Crippen LogP contribution in [0.4, 0.5) is 20.2 Å². The molecule has 0 spiro atoms. The molecule has 32 heavy (non-hydrogen) atoms. The third kappa shape index (κ3) is 5.89. The van der Waals surface area contributed by atoms with Crippen LogP contribution in [0.5, 0.6) is 0 Å². The molecule has 0 atom stereocenters. The predicted octanol–water partition coefficient (Wildman–Crippen LogP) is 4.33. The second-order valence-electron chi connectivity index (χ2n) is 7.15. The van der Waals surface area contributed by atoms with E-state index in [1.165, 1.54) is 0 Å². The first-order chi connectivity index (χ1) is 15.2. The van der Waals surface area contributed by atoms with Gasteiger partial charge in [0.1, 0.15) is 11.6 Å². The minimum Gasteiger partial charge on any atom is -0.380 e. The van der Waals surface area contributed by atoms with E-state index in [1.54, 1.807) is 49.6 Å². The highest BCUT2D eigenvalue weighted by Crippen LogP contribution is 2.25. The van der Waals surface area contributed by atoms with Gasteiger partial charge in [-0.3, -0.25) is 9.10 Å². The van der Waals surface area contributed by atoms with E-state index in [9.17, 15) is 22.0 Å². The second kappa shape index (κ2) is 9.88. The van der Waals surface area contributed by atoms with E-state index < -0.39 is 21.7 Å². The lowest BCUT2D eigenvalue weighted by Gasteiger charge is -2.23. The number of hydrogen-bond donors (Lipinski definition) is 1. The summed E-state index contributed by atoms with van der Waals surface area (Å²) in [5.74, 6) is -2.12. The number of carbonyl (C=O) groups excluding carboxylic acids is 1. The normalized spacial score (nSPS) is 11.2. The van der Waals surface area contributed by atoms with Gasteiger partial charge in [0.25, 0.3) is 5.91 Å². The highest BCUT2D eigenvalue weighted by atomic mass is 32.2. The number of carbonyl (C=O) groups is 1. The number of amides is 1. The first-order valence-electron chi connectivity index (χ1n) is 9.58. The average molecular weight is 461 g/mol.